The first-order valence-corrected chi connectivity index (χ1v) is 5.77. The van der Waals surface area contributed by atoms with Crippen molar-refractivity contribution in [1.82, 2.24) is 0 Å². The molecule has 0 aromatic heterocycles. The highest BCUT2D eigenvalue weighted by Gasteiger charge is 2.40. The molecule has 0 saturated heterocycles. The van der Waals surface area contributed by atoms with Crippen molar-refractivity contribution in [2.45, 2.75) is 18.8 Å². The van der Waals surface area contributed by atoms with E-state index < -0.39 is 0 Å². The molecule has 1 aromatic rings. The number of aldehydes is 1. The molecular weight excluding hydrogens is 216 g/mol. The minimum absolute atomic E-state index is 0.112. The van der Waals surface area contributed by atoms with Gasteiger partial charge in [-0.25, -0.2) is 0 Å². The summed E-state index contributed by atoms with van der Waals surface area (Å²) in [6, 6.07) is 7.45. The van der Waals surface area contributed by atoms with E-state index >= 15 is 0 Å². The lowest BCUT2D eigenvalue weighted by Crippen LogP contribution is -2.34. The lowest BCUT2D eigenvalue weighted by atomic mass is 9.73. The Hall–Kier alpha value is -1.90. The number of fused-ring (bicyclic) bond motifs is 3. The Bertz CT molecular complexity index is 516. The van der Waals surface area contributed by atoms with Gasteiger partial charge in [0.1, 0.15) is 12.0 Å². The van der Waals surface area contributed by atoms with Crippen LogP contribution in [-0.4, -0.2) is 12.3 Å². The van der Waals surface area contributed by atoms with Crippen LogP contribution in [0, 0.1) is 5.92 Å². The lowest BCUT2D eigenvalue weighted by molar-refractivity contribution is -0.141. The fourth-order valence-corrected chi connectivity index (χ4v) is 2.74. The summed E-state index contributed by atoms with van der Waals surface area (Å²) >= 11 is 0. The van der Waals surface area contributed by atoms with Crippen molar-refractivity contribution in [2.75, 3.05) is 0 Å². The minimum atomic E-state index is -0.207. The van der Waals surface area contributed by atoms with E-state index in [4.69, 9.17) is 4.74 Å². The van der Waals surface area contributed by atoms with Crippen molar-refractivity contribution in [2.24, 2.45) is 5.92 Å². The zero-order valence-electron chi connectivity index (χ0n) is 9.26. The second-order valence-corrected chi connectivity index (χ2v) is 4.44. The molecule has 1 aliphatic carbocycles. The van der Waals surface area contributed by atoms with Gasteiger partial charge >= 0.3 is 5.97 Å². The van der Waals surface area contributed by atoms with Crippen LogP contribution >= 0.6 is 0 Å². The number of rotatable bonds is 1. The summed E-state index contributed by atoms with van der Waals surface area (Å²) in [7, 11) is 0. The number of ether oxygens (including phenoxy) is 1. The molecule has 3 heteroatoms. The molecule has 86 valence electrons. The molecule has 2 aliphatic rings. The van der Waals surface area contributed by atoms with Crippen LogP contribution in [0.5, 0.6) is 5.75 Å². The molecular formula is C14H12O3. The summed E-state index contributed by atoms with van der Waals surface area (Å²) in [5, 5.41) is 0. The third-order valence-electron chi connectivity index (χ3n) is 3.52. The van der Waals surface area contributed by atoms with E-state index in [9.17, 15) is 9.59 Å². The molecule has 0 radical (unpaired) electrons. The lowest BCUT2D eigenvalue weighted by Gasteiger charge is -2.34. The second kappa shape index (κ2) is 3.84. The summed E-state index contributed by atoms with van der Waals surface area (Å²) in [5.74, 6) is 0.0725. The molecule has 0 N–H and O–H groups in total. The van der Waals surface area contributed by atoms with Crippen LogP contribution in [0.25, 0.3) is 0 Å². The Morgan fingerprint density at radius 2 is 2.12 bits per heavy atom. The van der Waals surface area contributed by atoms with E-state index in [1.165, 1.54) is 0 Å². The number of hydrogen-bond donors (Lipinski definition) is 0. The van der Waals surface area contributed by atoms with Gasteiger partial charge < -0.3 is 4.74 Å². The molecule has 3 nitrogen and oxygen atoms in total. The number of carbonyl (C=O) groups excluding carboxylic acids is 2. The maximum Gasteiger partial charge on any atom is 0.315 e. The number of allylic oxidation sites excluding steroid dienone is 2. The van der Waals surface area contributed by atoms with E-state index in [1.807, 2.05) is 24.3 Å². The van der Waals surface area contributed by atoms with Gasteiger partial charge in [0.15, 0.2) is 0 Å². The SMILES string of the molecule is O=CC1=CCC[C@H]2C(=O)Oc3ccccc3[C@H]12. The highest BCUT2D eigenvalue weighted by Crippen LogP contribution is 2.45. The third-order valence-corrected chi connectivity index (χ3v) is 3.52. The van der Waals surface area contributed by atoms with E-state index in [2.05, 4.69) is 0 Å². The molecule has 0 fully saturated rings. The number of para-hydroxylation sites is 1. The smallest absolute Gasteiger partial charge is 0.315 e. The fraction of sp³-hybridized carbons (Fsp3) is 0.286. The fourth-order valence-electron chi connectivity index (χ4n) is 2.74. The zero-order valence-corrected chi connectivity index (χ0v) is 9.26. The zero-order chi connectivity index (χ0) is 11.8. The number of hydrogen-bond acceptors (Lipinski definition) is 3. The average molecular weight is 228 g/mol. The van der Waals surface area contributed by atoms with Crippen molar-refractivity contribution >= 4 is 12.3 Å². The van der Waals surface area contributed by atoms with Gasteiger partial charge in [0.2, 0.25) is 0 Å². The molecule has 0 bridgehead atoms. The van der Waals surface area contributed by atoms with Crippen molar-refractivity contribution in [3.05, 3.63) is 41.5 Å². The van der Waals surface area contributed by atoms with Gasteiger partial charge in [-0.05, 0) is 24.5 Å². The van der Waals surface area contributed by atoms with Gasteiger partial charge in [-0.15, -0.1) is 0 Å². The largest absolute Gasteiger partial charge is 0.426 e. The van der Waals surface area contributed by atoms with Gasteiger partial charge in [-0.2, -0.15) is 0 Å². The summed E-state index contributed by atoms with van der Waals surface area (Å²) in [6.45, 7) is 0. The van der Waals surface area contributed by atoms with Crippen LogP contribution in [-0.2, 0) is 9.59 Å². The third kappa shape index (κ3) is 1.50. The van der Waals surface area contributed by atoms with E-state index in [1.54, 1.807) is 6.07 Å². The Kier molecular flexibility index (Phi) is 2.32. The number of esters is 1. The van der Waals surface area contributed by atoms with Crippen molar-refractivity contribution < 1.29 is 14.3 Å². The predicted molar refractivity (Wildman–Crippen MR) is 61.7 cm³/mol. The van der Waals surface area contributed by atoms with E-state index in [-0.39, 0.29) is 17.8 Å². The Morgan fingerprint density at radius 1 is 1.29 bits per heavy atom. The topological polar surface area (TPSA) is 43.4 Å². The molecule has 1 aromatic carbocycles. The summed E-state index contributed by atoms with van der Waals surface area (Å²) in [4.78, 5) is 23.0. The number of benzene rings is 1. The average Bonchev–Trinajstić information content (AvgIpc) is 2.38. The van der Waals surface area contributed by atoms with Crippen molar-refractivity contribution in [3.8, 4) is 5.75 Å². The first-order chi connectivity index (χ1) is 8.31. The normalized spacial score (nSPS) is 26.4. The van der Waals surface area contributed by atoms with E-state index in [0.717, 1.165) is 24.7 Å². The monoisotopic (exact) mass is 228 g/mol. The molecule has 1 heterocycles. The summed E-state index contributed by atoms with van der Waals surface area (Å²) < 4.78 is 5.31. The maximum atomic E-state index is 11.9. The van der Waals surface area contributed by atoms with Gasteiger partial charge in [-0.1, -0.05) is 24.3 Å². The van der Waals surface area contributed by atoms with Crippen LogP contribution in [0.15, 0.2) is 35.9 Å². The van der Waals surface area contributed by atoms with Crippen LogP contribution in [0.1, 0.15) is 24.3 Å². The van der Waals surface area contributed by atoms with Gasteiger partial charge in [0.05, 0.1) is 5.92 Å². The quantitative estimate of drug-likeness (QED) is 0.420. The van der Waals surface area contributed by atoms with Crippen molar-refractivity contribution in [3.63, 3.8) is 0 Å². The highest BCUT2D eigenvalue weighted by atomic mass is 16.5. The van der Waals surface area contributed by atoms with Crippen LogP contribution < -0.4 is 4.74 Å². The second-order valence-electron chi connectivity index (χ2n) is 4.44. The van der Waals surface area contributed by atoms with Crippen LogP contribution in [0.2, 0.25) is 0 Å². The first-order valence-electron chi connectivity index (χ1n) is 5.77. The summed E-state index contributed by atoms with van der Waals surface area (Å²) in [5.41, 5.74) is 1.67. The molecule has 0 spiro atoms. The molecule has 1 aliphatic heterocycles. The van der Waals surface area contributed by atoms with Crippen LogP contribution in [0.4, 0.5) is 0 Å². The maximum absolute atomic E-state index is 11.9. The Morgan fingerprint density at radius 3 is 2.94 bits per heavy atom. The first kappa shape index (κ1) is 10.3. The molecule has 2 atom stereocenters. The van der Waals surface area contributed by atoms with E-state index in [0.29, 0.717) is 11.3 Å². The van der Waals surface area contributed by atoms with Gasteiger partial charge in [0, 0.05) is 11.5 Å². The molecule has 0 amide bonds. The highest BCUT2D eigenvalue weighted by molar-refractivity contribution is 5.86. The molecule has 17 heavy (non-hydrogen) atoms. The predicted octanol–water partition coefficient (Wildman–Crippen LogP) is 2.22. The number of carbonyl (C=O) groups is 2. The molecule has 0 unspecified atom stereocenters. The standard InChI is InChI=1S/C14H12O3/c15-8-9-4-3-6-11-13(9)10-5-1-2-7-12(10)17-14(11)16/h1-2,4-5,7-8,11,13H,3,6H2/t11-,13+/m1/s1. The molecule has 0 saturated carbocycles. The summed E-state index contributed by atoms with van der Waals surface area (Å²) in [6.07, 6.45) is 4.33. The minimum Gasteiger partial charge on any atom is -0.426 e. The van der Waals surface area contributed by atoms with Gasteiger partial charge in [0.25, 0.3) is 0 Å². The van der Waals surface area contributed by atoms with Crippen LogP contribution in [0.3, 0.4) is 0 Å². The van der Waals surface area contributed by atoms with Gasteiger partial charge in [-0.3, -0.25) is 9.59 Å². The Labute approximate surface area is 99.1 Å². The molecule has 3 rings (SSSR count). The Balaban J connectivity index is 2.16. The van der Waals surface area contributed by atoms with Crippen molar-refractivity contribution in [1.29, 1.82) is 0 Å².